The highest BCUT2D eigenvalue weighted by Crippen LogP contribution is 2.29. The minimum Gasteiger partial charge on any atom is -0.339 e. The molecule has 6 nitrogen and oxygen atoms in total. The lowest BCUT2D eigenvalue weighted by Crippen LogP contribution is -2.38. The number of thiazole rings is 1. The summed E-state index contributed by atoms with van der Waals surface area (Å²) in [7, 11) is 0. The number of aryl methyl sites for hydroxylation is 1. The number of hydrogen-bond donors (Lipinski definition) is 0. The molecule has 3 heterocycles. The number of likely N-dealkylation sites (tertiary alicyclic amines) is 1. The Morgan fingerprint density at radius 2 is 2.04 bits per heavy atom. The van der Waals surface area contributed by atoms with Crippen LogP contribution >= 0.6 is 11.3 Å². The minimum absolute atomic E-state index is 0.0735. The number of aromatic nitrogens is 3. The number of nitrogens with zero attached hydrogens (tertiary/aromatic N) is 4. The van der Waals surface area contributed by atoms with Crippen molar-refractivity contribution in [3.05, 3.63) is 40.5 Å². The van der Waals surface area contributed by atoms with Crippen molar-refractivity contribution in [2.24, 2.45) is 0 Å². The van der Waals surface area contributed by atoms with Gasteiger partial charge in [-0.25, -0.2) is 4.98 Å². The van der Waals surface area contributed by atoms with Crippen molar-refractivity contribution >= 4 is 27.5 Å². The number of carbonyl (C=O) groups excluding carboxylic acids is 1. The molecule has 0 spiro atoms. The van der Waals surface area contributed by atoms with Gasteiger partial charge in [-0.05, 0) is 38.0 Å². The quantitative estimate of drug-likeness (QED) is 0.693. The van der Waals surface area contributed by atoms with Crippen LogP contribution in [0.15, 0.2) is 22.7 Å². The predicted octanol–water partition coefficient (Wildman–Crippen LogP) is 4.13. The molecule has 0 aliphatic carbocycles. The lowest BCUT2D eigenvalue weighted by Gasteiger charge is -2.30. The van der Waals surface area contributed by atoms with Crippen LogP contribution in [0.3, 0.4) is 0 Å². The van der Waals surface area contributed by atoms with E-state index in [-0.39, 0.29) is 17.7 Å². The van der Waals surface area contributed by atoms with Crippen molar-refractivity contribution in [3.8, 4) is 0 Å². The van der Waals surface area contributed by atoms with Gasteiger partial charge in [0.2, 0.25) is 5.89 Å². The summed E-state index contributed by atoms with van der Waals surface area (Å²) in [6.45, 7) is 7.50. The maximum absolute atomic E-state index is 12.8. The molecule has 2 aromatic heterocycles. The predicted molar refractivity (Wildman–Crippen MR) is 101 cm³/mol. The molecule has 0 radical (unpaired) electrons. The van der Waals surface area contributed by atoms with Gasteiger partial charge in [0, 0.05) is 30.5 Å². The van der Waals surface area contributed by atoms with Crippen LogP contribution in [0.4, 0.5) is 0 Å². The molecule has 1 saturated heterocycles. The third-order valence-corrected chi connectivity index (χ3v) is 5.80. The molecule has 136 valence electrons. The van der Waals surface area contributed by atoms with Gasteiger partial charge in [-0.15, -0.1) is 11.3 Å². The van der Waals surface area contributed by atoms with Crippen molar-refractivity contribution in [2.75, 3.05) is 13.1 Å². The summed E-state index contributed by atoms with van der Waals surface area (Å²) < 4.78 is 6.55. The van der Waals surface area contributed by atoms with E-state index in [1.54, 1.807) is 11.3 Å². The Balaban J connectivity index is 1.43. The van der Waals surface area contributed by atoms with Gasteiger partial charge < -0.3 is 9.42 Å². The number of piperidine rings is 1. The number of hydrogen-bond acceptors (Lipinski definition) is 6. The molecule has 1 fully saturated rings. The van der Waals surface area contributed by atoms with Crippen LogP contribution < -0.4 is 0 Å². The van der Waals surface area contributed by atoms with Gasteiger partial charge in [0.15, 0.2) is 5.82 Å². The molecular weight excluding hydrogens is 348 g/mol. The first kappa shape index (κ1) is 17.1. The van der Waals surface area contributed by atoms with Crippen molar-refractivity contribution in [1.82, 2.24) is 20.0 Å². The Labute approximate surface area is 156 Å². The SMILES string of the molecule is Cc1nc2cc(C(=O)N3CCC(c4nc(C(C)C)no4)CC3)ccc2s1. The molecule has 0 unspecified atom stereocenters. The standard InChI is InChI=1S/C19H22N4O2S/c1-11(2)17-21-18(25-22-17)13-6-8-23(9-7-13)19(24)14-4-5-16-15(10-14)20-12(3)26-16/h4-5,10-11,13H,6-9H2,1-3H3. The fourth-order valence-corrected chi connectivity index (χ4v) is 4.14. The van der Waals surface area contributed by atoms with E-state index in [0.29, 0.717) is 24.5 Å². The fourth-order valence-electron chi connectivity index (χ4n) is 3.34. The van der Waals surface area contributed by atoms with E-state index in [0.717, 1.165) is 33.9 Å². The third-order valence-electron chi connectivity index (χ3n) is 4.85. The van der Waals surface area contributed by atoms with Gasteiger partial charge in [0.05, 0.1) is 15.2 Å². The first-order valence-corrected chi connectivity index (χ1v) is 9.83. The van der Waals surface area contributed by atoms with Crippen LogP contribution in [0.2, 0.25) is 0 Å². The van der Waals surface area contributed by atoms with Gasteiger partial charge in [-0.2, -0.15) is 4.98 Å². The van der Waals surface area contributed by atoms with Crippen LogP contribution in [0.1, 0.15) is 65.6 Å². The number of fused-ring (bicyclic) bond motifs is 1. The number of carbonyl (C=O) groups is 1. The summed E-state index contributed by atoms with van der Waals surface area (Å²) >= 11 is 1.65. The van der Waals surface area contributed by atoms with Gasteiger partial charge in [-0.1, -0.05) is 19.0 Å². The van der Waals surface area contributed by atoms with Crippen LogP contribution in [-0.4, -0.2) is 39.0 Å². The summed E-state index contributed by atoms with van der Waals surface area (Å²) in [6.07, 6.45) is 1.70. The van der Waals surface area contributed by atoms with Crippen LogP contribution in [-0.2, 0) is 0 Å². The van der Waals surface area contributed by atoms with Gasteiger partial charge in [0.25, 0.3) is 5.91 Å². The molecule has 0 bridgehead atoms. The average Bonchev–Trinajstić information content (AvgIpc) is 3.26. The largest absolute Gasteiger partial charge is 0.339 e. The van der Waals surface area contributed by atoms with E-state index in [4.69, 9.17) is 4.52 Å². The lowest BCUT2D eigenvalue weighted by molar-refractivity contribution is 0.0704. The summed E-state index contributed by atoms with van der Waals surface area (Å²) in [5, 5.41) is 5.07. The Bertz CT molecular complexity index is 938. The second-order valence-electron chi connectivity index (χ2n) is 7.13. The lowest BCUT2D eigenvalue weighted by atomic mass is 9.96. The molecule has 0 atom stereocenters. The van der Waals surface area contributed by atoms with E-state index in [1.807, 2.05) is 30.0 Å². The molecule has 26 heavy (non-hydrogen) atoms. The smallest absolute Gasteiger partial charge is 0.253 e. The first-order chi connectivity index (χ1) is 12.5. The Morgan fingerprint density at radius 1 is 1.27 bits per heavy atom. The van der Waals surface area contributed by atoms with Crippen LogP contribution in [0.5, 0.6) is 0 Å². The number of amides is 1. The Morgan fingerprint density at radius 3 is 2.73 bits per heavy atom. The normalized spacial score (nSPS) is 15.9. The Hall–Kier alpha value is -2.28. The maximum atomic E-state index is 12.8. The van der Waals surface area contributed by atoms with Crippen molar-refractivity contribution < 1.29 is 9.32 Å². The zero-order valence-corrected chi connectivity index (χ0v) is 16.0. The zero-order valence-electron chi connectivity index (χ0n) is 15.2. The second-order valence-corrected chi connectivity index (χ2v) is 8.36. The molecule has 0 saturated carbocycles. The van der Waals surface area contributed by atoms with Gasteiger partial charge in [-0.3, -0.25) is 4.79 Å². The minimum atomic E-state index is 0.0735. The van der Waals surface area contributed by atoms with E-state index in [1.165, 1.54) is 0 Å². The highest BCUT2D eigenvalue weighted by Gasteiger charge is 2.28. The molecule has 3 aromatic rings. The van der Waals surface area contributed by atoms with E-state index in [2.05, 4.69) is 29.0 Å². The molecule has 1 aliphatic heterocycles. The second kappa shape index (κ2) is 6.79. The summed E-state index contributed by atoms with van der Waals surface area (Å²) in [4.78, 5) is 23.7. The van der Waals surface area contributed by atoms with Gasteiger partial charge in [0.1, 0.15) is 0 Å². The van der Waals surface area contributed by atoms with Crippen molar-refractivity contribution in [2.45, 2.75) is 45.4 Å². The molecule has 0 N–H and O–H groups in total. The Kier molecular flexibility index (Phi) is 4.48. The molecule has 7 heteroatoms. The molecule has 1 amide bonds. The van der Waals surface area contributed by atoms with Crippen molar-refractivity contribution in [3.63, 3.8) is 0 Å². The van der Waals surface area contributed by atoms with Gasteiger partial charge >= 0.3 is 0 Å². The molecule has 1 aromatic carbocycles. The number of benzene rings is 1. The summed E-state index contributed by atoms with van der Waals surface area (Å²) in [6, 6.07) is 5.80. The van der Waals surface area contributed by atoms with Crippen LogP contribution in [0, 0.1) is 6.92 Å². The monoisotopic (exact) mass is 370 g/mol. The van der Waals surface area contributed by atoms with E-state index >= 15 is 0 Å². The highest BCUT2D eigenvalue weighted by atomic mass is 32.1. The maximum Gasteiger partial charge on any atom is 0.253 e. The fraction of sp³-hybridized carbons (Fsp3) is 0.474. The zero-order chi connectivity index (χ0) is 18.3. The van der Waals surface area contributed by atoms with E-state index < -0.39 is 0 Å². The average molecular weight is 370 g/mol. The molecular formula is C19H22N4O2S. The van der Waals surface area contributed by atoms with Crippen LogP contribution in [0.25, 0.3) is 10.2 Å². The van der Waals surface area contributed by atoms with Crippen molar-refractivity contribution in [1.29, 1.82) is 0 Å². The summed E-state index contributed by atoms with van der Waals surface area (Å²) in [5.41, 5.74) is 1.61. The topological polar surface area (TPSA) is 72.1 Å². The summed E-state index contributed by atoms with van der Waals surface area (Å²) in [5.74, 6) is 2.04. The molecule has 4 rings (SSSR count). The first-order valence-electron chi connectivity index (χ1n) is 9.01. The third kappa shape index (κ3) is 3.23. The van der Waals surface area contributed by atoms with E-state index in [9.17, 15) is 4.79 Å². The molecule has 1 aliphatic rings. The highest BCUT2D eigenvalue weighted by molar-refractivity contribution is 7.18. The number of rotatable bonds is 3.